The molecule has 2 aromatic rings. The van der Waals surface area contributed by atoms with E-state index in [0.717, 1.165) is 0 Å². The van der Waals surface area contributed by atoms with E-state index in [2.05, 4.69) is 10.4 Å². The monoisotopic (exact) mass is 413 g/mol. The Kier molecular flexibility index (Phi) is 6.09. The number of carbonyl (C=O) groups is 3. The highest BCUT2D eigenvalue weighted by atomic mass is 16.6. The summed E-state index contributed by atoms with van der Waals surface area (Å²) < 4.78 is 7.17. The van der Waals surface area contributed by atoms with Crippen LogP contribution in [0.4, 0.5) is 10.5 Å². The van der Waals surface area contributed by atoms with Gasteiger partial charge >= 0.3 is 6.09 Å². The zero-order chi connectivity index (χ0) is 21.9. The molecular weight excluding hydrogens is 386 g/mol. The van der Waals surface area contributed by atoms with Gasteiger partial charge in [-0.15, -0.1) is 0 Å². The van der Waals surface area contributed by atoms with Crippen LogP contribution in [0.15, 0.2) is 36.7 Å². The number of rotatable bonds is 4. The first-order chi connectivity index (χ1) is 14.1. The molecule has 0 radical (unpaired) electrons. The van der Waals surface area contributed by atoms with E-state index in [4.69, 9.17) is 10.5 Å². The third-order valence-electron chi connectivity index (χ3n) is 4.79. The number of aromatic nitrogens is 2. The third-order valence-corrected chi connectivity index (χ3v) is 4.79. The molecule has 0 unspecified atom stereocenters. The van der Waals surface area contributed by atoms with Crippen molar-refractivity contribution in [2.45, 2.75) is 45.3 Å². The lowest BCUT2D eigenvalue weighted by molar-refractivity contribution is 0.0184. The smallest absolute Gasteiger partial charge is 0.410 e. The molecule has 1 saturated heterocycles. The van der Waals surface area contributed by atoms with Crippen LogP contribution < -0.4 is 11.1 Å². The van der Waals surface area contributed by atoms with Crippen molar-refractivity contribution in [2.24, 2.45) is 5.73 Å². The Morgan fingerprint density at radius 3 is 2.47 bits per heavy atom. The zero-order valence-corrected chi connectivity index (χ0v) is 17.4. The number of benzene rings is 1. The van der Waals surface area contributed by atoms with Crippen LogP contribution in [-0.4, -0.2) is 51.3 Å². The number of likely N-dealkylation sites (tertiary alicyclic amines) is 1. The van der Waals surface area contributed by atoms with Crippen molar-refractivity contribution in [2.75, 3.05) is 18.4 Å². The molecule has 1 aromatic heterocycles. The summed E-state index contributed by atoms with van der Waals surface area (Å²) in [4.78, 5) is 38.0. The number of para-hydroxylation sites is 1. The molecule has 9 heteroatoms. The summed E-state index contributed by atoms with van der Waals surface area (Å²) in [6.45, 7) is 6.65. The van der Waals surface area contributed by atoms with Crippen molar-refractivity contribution < 1.29 is 19.1 Å². The predicted molar refractivity (Wildman–Crippen MR) is 111 cm³/mol. The molecule has 3 N–H and O–H groups in total. The molecule has 1 fully saturated rings. The summed E-state index contributed by atoms with van der Waals surface area (Å²) in [6, 6.07) is 6.65. The number of piperidine rings is 1. The highest BCUT2D eigenvalue weighted by molar-refractivity contribution is 6.08. The van der Waals surface area contributed by atoms with Crippen LogP contribution in [0.3, 0.4) is 0 Å². The van der Waals surface area contributed by atoms with Crippen LogP contribution in [0, 0.1) is 0 Å². The average molecular weight is 413 g/mol. The number of anilines is 1. The molecule has 3 amide bonds. The first-order valence-corrected chi connectivity index (χ1v) is 9.86. The van der Waals surface area contributed by atoms with E-state index in [1.54, 1.807) is 40.0 Å². The van der Waals surface area contributed by atoms with E-state index < -0.39 is 11.5 Å². The van der Waals surface area contributed by atoms with E-state index >= 15 is 0 Å². The molecule has 0 aliphatic carbocycles. The zero-order valence-electron chi connectivity index (χ0n) is 17.4. The Balaban J connectivity index is 1.60. The second-order valence-corrected chi connectivity index (χ2v) is 8.27. The number of nitrogens with zero attached hydrogens (tertiary/aromatic N) is 3. The minimum atomic E-state index is -0.613. The van der Waals surface area contributed by atoms with E-state index in [1.165, 1.54) is 6.20 Å². The van der Waals surface area contributed by atoms with Crippen molar-refractivity contribution in [3.63, 3.8) is 0 Å². The number of hydrogen-bond donors (Lipinski definition) is 2. The van der Waals surface area contributed by atoms with Crippen LogP contribution in [-0.2, 0) is 4.74 Å². The summed E-state index contributed by atoms with van der Waals surface area (Å²) in [5.74, 6) is -0.987. The number of nitrogens with two attached hydrogens (primary N) is 1. The largest absolute Gasteiger partial charge is 0.444 e. The third kappa shape index (κ3) is 5.16. The molecule has 9 nitrogen and oxygen atoms in total. The molecule has 1 aliphatic heterocycles. The molecule has 0 saturated carbocycles. The molecule has 1 aromatic carbocycles. The Labute approximate surface area is 175 Å². The van der Waals surface area contributed by atoms with Crippen LogP contribution in [0.2, 0.25) is 0 Å². The van der Waals surface area contributed by atoms with Gasteiger partial charge in [-0.2, -0.15) is 5.10 Å². The van der Waals surface area contributed by atoms with Gasteiger partial charge in [0.1, 0.15) is 5.60 Å². The molecule has 0 bridgehead atoms. The molecule has 0 spiro atoms. The Morgan fingerprint density at radius 1 is 1.17 bits per heavy atom. The maximum Gasteiger partial charge on any atom is 0.410 e. The van der Waals surface area contributed by atoms with Crippen LogP contribution in [0.25, 0.3) is 0 Å². The van der Waals surface area contributed by atoms with Gasteiger partial charge in [-0.1, -0.05) is 12.1 Å². The van der Waals surface area contributed by atoms with Gasteiger partial charge in [0.05, 0.1) is 29.1 Å². The first-order valence-electron chi connectivity index (χ1n) is 9.86. The molecule has 1 aliphatic rings. The van der Waals surface area contributed by atoms with Gasteiger partial charge in [-0.25, -0.2) is 4.79 Å². The quantitative estimate of drug-likeness (QED) is 0.799. The summed E-state index contributed by atoms with van der Waals surface area (Å²) >= 11 is 0. The summed E-state index contributed by atoms with van der Waals surface area (Å²) in [5, 5.41) is 7.02. The standard InChI is InChI=1S/C21H27N5O4/c1-21(2,3)30-20(29)25-10-8-15(9-11-25)26-13-14(12-23-26)19(28)24-17-7-5-4-6-16(17)18(22)27/h4-7,12-13,15H,8-11H2,1-3H3,(H2,22,27)(H,24,28). The van der Waals surface area contributed by atoms with Crippen molar-refractivity contribution in [1.82, 2.24) is 14.7 Å². The van der Waals surface area contributed by atoms with Gasteiger partial charge in [0, 0.05) is 19.3 Å². The molecule has 2 heterocycles. The minimum absolute atomic E-state index is 0.0862. The lowest BCUT2D eigenvalue weighted by Crippen LogP contribution is -2.42. The van der Waals surface area contributed by atoms with Gasteiger partial charge in [0.2, 0.25) is 0 Å². The maximum absolute atomic E-state index is 12.6. The Bertz CT molecular complexity index is 939. The van der Waals surface area contributed by atoms with Gasteiger partial charge in [0.25, 0.3) is 11.8 Å². The molecule has 3 rings (SSSR count). The summed E-state index contributed by atoms with van der Waals surface area (Å²) in [7, 11) is 0. The highest BCUT2D eigenvalue weighted by Gasteiger charge is 2.28. The van der Waals surface area contributed by atoms with E-state index in [1.807, 2.05) is 20.8 Å². The van der Waals surface area contributed by atoms with Crippen LogP contribution >= 0.6 is 0 Å². The van der Waals surface area contributed by atoms with Crippen LogP contribution in [0.5, 0.6) is 0 Å². The van der Waals surface area contributed by atoms with Gasteiger partial charge in [-0.3, -0.25) is 14.3 Å². The number of carbonyl (C=O) groups excluding carboxylic acids is 3. The summed E-state index contributed by atoms with van der Waals surface area (Å²) in [5.41, 5.74) is 5.81. The molecule has 30 heavy (non-hydrogen) atoms. The second kappa shape index (κ2) is 8.56. The van der Waals surface area contributed by atoms with E-state index in [9.17, 15) is 14.4 Å². The lowest BCUT2D eigenvalue weighted by atomic mass is 10.1. The fourth-order valence-electron chi connectivity index (χ4n) is 3.30. The number of amides is 3. The number of primary amides is 1. The number of ether oxygens (including phenoxy) is 1. The highest BCUT2D eigenvalue weighted by Crippen LogP contribution is 2.24. The van der Waals surface area contributed by atoms with Gasteiger partial charge < -0.3 is 20.7 Å². The Hall–Kier alpha value is -3.36. The molecule has 160 valence electrons. The topological polar surface area (TPSA) is 120 Å². The fraction of sp³-hybridized carbons (Fsp3) is 0.429. The molecular formula is C21H27N5O4. The maximum atomic E-state index is 12.6. The van der Waals surface area contributed by atoms with Crippen LogP contribution in [0.1, 0.15) is 60.4 Å². The normalized spacial score (nSPS) is 15.0. The number of hydrogen-bond acceptors (Lipinski definition) is 5. The number of nitrogens with one attached hydrogen (secondary N) is 1. The van der Waals surface area contributed by atoms with Crippen molar-refractivity contribution in [3.8, 4) is 0 Å². The van der Waals surface area contributed by atoms with Crippen molar-refractivity contribution in [3.05, 3.63) is 47.8 Å². The van der Waals surface area contributed by atoms with Crippen molar-refractivity contribution >= 4 is 23.6 Å². The first kappa shape index (κ1) is 21.4. The SMILES string of the molecule is CC(C)(C)OC(=O)N1CCC(n2cc(C(=O)Nc3ccccc3C(N)=O)cn2)CC1. The van der Waals surface area contributed by atoms with Gasteiger partial charge in [-0.05, 0) is 45.7 Å². The predicted octanol–water partition coefficient (Wildman–Crippen LogP) is 2.81. The average Bonchev–Trinajstić information content (AvgIpc) is 3.17. The van der Waals surface area contributed by atoms with E-state index in [0.29, 0.717) is 37.2 Å². The fourth-order valence-corrected chi connectivity index (χ4v) is 3.30. The van der Waals surface area contributed by atoms with E-state index in [-0.39, 0.29) is 23.6 Å². The molecule has 0 atom stereocenters. The summed E-state index contributed by atoms with van der Waals surface area (Å²) in [6.07, 6.45) is 4.28. The minimum Gasteiger partial charge on any atom is -0.444 e. The lowest BCUT2D eigenvalue weighted by Gasteiger charge is -2.33. The second-order valence-electron chi connectivity index (χ2n) is 8.27. The van der Waals surface area contributed by atoms with Crippen molar-refractivity contribution in [1.29, 1.82) is 0 Å². The Morgan fingerprint density at radius 2 is 1.83 bits per heavy atom. The van der Waals surface area contributed by atoms with Gasteiger partial charge in [0.15, 0.2) is 0 Å².